The van der Waals surface area contributed by atoms with Crippen molar-refractivity contribution in [2.24, 2.45) is 0 Å². The number of para-hydroxylation sites is 2. The first kappa shape index (κ1) is 27.1. The molecule has 0 amide bonds. The monoisotopic (exact) mass is 739 g/mol. The normalized spacial score (nSPS) is 12.1. The Balaban J connectivity index is 0.00000300. The molecular formula is C36H26N5OPt-3. The zero-order valence-corrected chi connectivity index (χ0v) is 25.8. The number of nitrogens with zero attached hydrogens (tertiary/aromatic N) is 5. The Hall–Kier alpha value is -4.80. The van der Waals surface area contributed by atoms with Crippen LogP contribution in [-0.4, -0.2) is 19.1 Å². The molecule has 0 aliphatic carbocycles. The molecule has 43 heavy (non-hydrogen) atoms. The molecule has 7 heteroatoms. The molecule has 4 aromatic carbocycles. The Kier molecular flexibility index (Phi) is 6.79. The molecule has 0 unspecified atom stereocenters. The van der Waals surface area contributed by atoms with Crippen molar-refractivity contribution in [3.05, 3.63) is 134 Å². The van der Waals surface area contributed by atoms with Crippen molar-refractivity contribution in [2.45, 2.75) is 19.8 Å². The molecule has 0 spiro atoms. The maximum Gasteiger partial charge on any atom is 0.135 e. The number of fused-ring (bicyclic) bond motifs is 6. The van der Waals surface area contributed by atoms with Gasteiger partial charge in [-0.1, -0.05) is 67.6 Å². The van der Waals surface area contributed by atoms with Gasteiger partial charge in [-0.25, -0.2) is 4.98 Å². The van der Waals surface area contributed by atoms with Gasteiger partial charge in [-0.05, 0) is 59.6 Å². The van der Waals surface area contributed by atoms with Crippen LogP contribution in [0.15, 0.2) is 110 Å². The second-order valence-corrected chi connectivity index (χ2v) is 10.7. The second-order valence-electron chi connectivity index (χ2n) is 10.7. The molecule has 7 aromatic rings. The van der Waals surface area contributed by atoms with Crippen molar-refractivity contribution < 1.29 is 25.8 Å². The predicted molar refractivity (Wildman–Crippen MR) is 166 cm³/mol. The average molecular weight is 740 g/mol. The third-order valence-electron chi connectivity index (χ3n) is 7.77. The summed E-state index contributed by atoms with van der Waals surface area (Å²) in [7, 11) is 0. The fourth-order valence-electron chi connectivity index (χ4n) is 5.71. The van der Waals surface area contributed by atoms with Crippen molar-refractivity contribution in [1.29, 1.82) is 0 Å². The van der Waals surface area contributed by atoms with E-state index in [0.29, 0.717) is 17.4 Å². The molecule has 6 nitrogen and oxygen atoms in total. The Labute approximate surface area is 264 Å². The van der Waals surface area contributed by atoms with Crippen LogP contribution in [0, 0.1) is 18.8 Å². The van der Waals surface area contributed by atoms with E-state index in [1.165, 1.54) is 5.56 Å². The second kappa shape index (κ2) is 10.8. The average Bonchev–Trinajstić information content (AvgIpc) is 3.63. The van der Waals surface area contributed by atoms with Gasteiger partial charge < -0.3 is 23.8 Å². The first-order valence-electron chi connectivity index (χ1n) is 14.0. The van der Waals surface area contributed by atoms with E-state index < -0.39 is 0 Å². The van der Waals surface area contributed by atoms with E-state index in [9.17, 15) is 0 Å². The number of hydrogen-bond donors (Lipinski definition) is 0. The molecule has 0 saturated carbocycles. The van der Waals surface area contributed by atoms with Gasteiger partial charge in [0, 0.05) is 55.8 Å². The summed E-state index contributed by atoms with van der Waals surface area (Å²) in [4.78, 5) is 11.4. The smallest absolute Gasteiger partial charge is 0.135 e. The minimum absolute atomic E-state index is 0. The van der Waals surface area contributed by atoms with Gasteiger partial charge in [0.05, 0.1) is 0 Å². The van der Waals surface area contributed by atoms with Crippen LogP contribution in [0.2, 0.25) is 0 Å². The van der Waals surface area contributed by atoms with Crippen LogP contribution in [0.4, 0.5) is 11.4 Å². The van der Waals surface area contributed by atoms with Crippen LogP contribution < -0.4 is 9.64 Å². The summed E-state index contributed by atoms with van der Waals surface area (Å²) in [5.41, 5.74) is 6.21. The molecule has 1 aliphatic heterocycles. The summed E-state index contributed by atoms with van der Waals surface area (Å²) >= 11 is 0. The van der Waals surface area contributed by atoms with Crippen LogP contribution >= 0.6 is 0 Å². The Morgan fingerprint density at radius 1 is 0.791 bits per heavy atom. The van der Waals surface area contributed by atoms with E-state index in [0.717, 1.165) is 50.4 Å². The Bertz CT molecular complexity index is 2110. The van der Waals surface area contributed by atoms with E-state index >= 15 is 0 Å². The van der Waals surface area contributed by atoms with E-state index in [2.05, 4.69) is 95.0 Å². The van der Waals surface area contributed by atoms with E-state index in [4.69, 9.17) is 9.72 Å². The van der Waals surface area contributed by atoms with Gasteiger partial charge in [-0.3, -0.25) is 0 Å². The van der Waals surface area contributed by atoms with Crippen molar-refractivity contribution in [2.75, 3.05) is 4.90 Å². The topological polar surface area (TPSA) is 48.1 Å². The number of imidazole rings is 1. The molecule has 0 saturated heterocycles. The van der Waals surface area contributed by atoms with E-state index in [1.54, 1.807) is 0 Å². The van der Waals surface area contributed by atoms with Gasteiger partial charge in [0.2, 0.25) is 0 Å². The van der Waals surface area contributed by atoms with Crippen LogP contribution in [0.25, 0.3) is 39.0 Å². The van der Waals surface area contributed by atoms with E-state index in [1.807, 2.05) is 66.2 Å². The first-order chi connectivity index (χ1) is 20.6. The zero-order chi connectivity index (χ0) is 28.2. The minimum atomic E-state index is 0. The van der Waals surface area contributed by atoms with Crippen LogP contribution in [-0.2, 0) is 21.1 Å². The van der Waals surface area contributed by atoms with Gasteiger partial charge >= 0.3 is 0 Å². The van der Waals surface area contributed by atoms with Crippen LogP contribution in [0.3, 0.4) is 0 Å². The SMILES string of the molecule is CC(C)c1ccnc(-n2c3[c-]c(Oc4[c-]c(N5[CH-]n6ccnc6-c6ccccc65)ccc4)ccc3c3ccccc32)c1.[Pt]. The fourth-order valence-corrected chi connectivity index (χ4v) is 5.71. The summed E-state index contributed by atoms with van der Waals surface area (Å²) in [6.45, 7) is 6.42. The summed E-state index contributed by atoms with van der Waals surface area (Å²) < 4.78 is 10.6. The molecule has 214 valence electrons. The number of anilines is 2. The Morgan fingerprint density at radius 2 is 1.63 bits per heavy atom. The third-order valence-corrected chi connectivity index (χ3v) is 7.77. The van der Waals surface area contributed by atoms with Crippen molar-refractivity contribution in [3.8, 4) is 28.7 Å². The van der Waals surface area contributed by atoms with Gasteiger partial charge in [-0.15, -0.1) is 35.7 Å². The largest absolute Gasteiger partial charge is 0.509 e. The number of aromatic nitrogens is 4. The standard InChI is InChI=1S/C36H26N5O.Pt/c1-24(2)25-16-17-37-35(20-25)41-33-13-6-3-10-29(33)30-15-14-28(22-34(30)41)42-27-9-7-8-26(21-27)40-23-39-19-18-38-36(39)31-11-4-5-12-32(31)40;/h3-20,23-24H,1-2H3;/q-3;. The predicted octanol–water partition coefficient (Wildman–Crippen LogP) is 8.67. The van der Waals surface area contributed by atoms with Gasteiger partial charge in [0.15, 0.2) is 0 Å². The molecule has 0 atom stereocenters. The summed E-state index contributed by atoms with van der Waals surface area (Å²) in [5, 5.41) is 2.25. The summed E-state index contributed by atoms with van der Waals surface area (Å²) in [5.74, 6) is 3.40. The number of hydrogen-bond acceptors (Lipinski definition) is 4. The number of rotatable bonds is 5. The van der Waals surface area contributed by atoms with E-state index in [-0.39, 0.29) is 21.1 Å². The molecule has 4 heterocycles. The van der Waals surface area contributed by atoms with Crippen molar-refractivity contribution >= 4 is 33.2 Å². The number of benzene rings is 4. The zero-order valence-electron chi connectivity index (χ0n) is 23.5. The fraction of sp³-hybridized carbons (Fsp3) is 0.0833. The molecule has 3 aromatic heterocycles. The number of ether oxygens (including phenoxy) is 1. The minimum Gasteiger partial charge on any atom is -0.509 e. The first-order valence-corrected chi connectivity index (χ1v) is 14.0. The van der Waals surface area contributed by atoms with Gasteiger partial charge in [-0.2, -0.15) is 12.1 Å². The summed E-state index contributed by atoms with van der Waals surface area (Å²) in [6, 6.07) is 37.9. The molecular weight excluding hydrogens is 714 g/mol. The molecule has 0 fully saturated rings. The quantitative estimate of drug-likeness (QED) is 0.166. The molecule has 0 N–H and O–H groups in total. The summed E-state index contributed by atoms with van der Waals surface area (Å²) in [6.07, 6.45) is 5.65. The van der Waals surface area contributed by atoms with Crippen molar-refractivity contribution in [1.82, 2.24) is 19.1 Å². The number of pyridine rings is 1. The maximum absolute atomic E-state index is 6.40. The Morgan fingerprint density at radius 3 is 2.53 bits per heavy atom. The third kappa shape index (κ3) is 4.59. The molecule has 8 rings (SSSR count). The van der Waals surface area contributed by atoms with Gasteiger partial charge in [0.25, 0.3) is 0 Å². The maximum atomic E-state index is 6.40. The van der Waals surface area contributed by atoms with Crippen LogP contribution in [0.5, 0.6) is 11.5 Å². The van der Waals surface area contributed by atoms with Gasteiger partial charge in [0.1, 0.15) is 5.82 Å². The van der Waals surface area contributed by atoms with Crippen molar-refractivity contribution in [3.63, 3.8) is 0 Å². The van der Waals surface area contributed by atoms with Crippen LogP contribution in [0.1, 0.15) is 25.3 Å². The molecule has 1 aliphatic rings. The molecule has 0 bridgehead atoms. The molecule has 0 radical (unpaired) electrons.